The minimum atomic E-state index is -3.67. The number of aliphatic hydroxyl groups is 1. The Balaban J connectivity index is 0. The van der Waals surface area contributed by atoms with E-state index in [0.29, 0.717) is 12.8 Å². The lowest BCUT2D eigenvalue weighted by Gasteiger charge is -2.01. The molecule has 0 saturated carbocycles. The van der Waals surface area contributed by atoms with Gasteiger partial charge in [0.1, 0.15) is 0 Å². The largest absolute Gasteiger partial charge is 0.392 e. The van der Waals surface area contributed by atoms with Crippen molar-refractivity contribution in [2.45, 2.75) is 25.9 Å². The Morgan fingerprint density at radius 2 is 1.83 bits per heavy atom. The summed E-state index contributed by atoms with van der Waals surface area (Å²) in [7, 11) is -3.67. The molecule has 0 amide bonds. The van der Waals surface area contributed by atoms with Crippen LogP contribution in [0.15, 0.2) is 0 Å². The van der Waals surface area contributed by atoms with Crippen molar-refractivity contribution < 1.29 is 18.1 Å². The van der Waals surface area contributed by atoms with Gasteiger partial charge in [0.25, 0.3) is 10.1 Å². The maximum Gasteiger partial charge on any atom is 0.261 e. The molecule has 76 valence electrons. The van der Waals surface area contributed by atoms with Crippen LogP contribution in [0.2, 0.25) is 0 Å². The molecule has 4 N–H and O–H groups in total. The van der Waals surface area contributed by atoms with Crippen LogP contribution in [0.3, 0.4) is 0 Å². The summed E-state index contributed by atoms with van der Waals surface area (Å²) in [6.07, 6.45) is 2.28. The number of aliphatic hydroxyl groups excluding tert-OH is 1. The van der Waals surface area contributed by atoms with E-state index in [1.807, 2.05) is 6.92 Å². The first-order valence-corrected chi connectivity index (χ1v) is 5.46. The maximum absolute atomic E-state index is 9.19. The normalized spacial score (nSPS) is 13.1. The van der Waals surface area contributed by atoms with Crippen molar-refractivity contribution in [2.24, 2.45) is 5.73 Å². The van der Waals surface area contributed by atoms with Crippen molar-refractivity contribution in [1.82, 2.24) is 0 Å². The van der Waals surface area contributed by atoms with Crippen molar-refractivity contribution in [2.75, 3.05) is 12.8 Å². The zero-order valence-corrected chi connectivity index (χ0v) is 8.21. The Labute approximate surface area is 73.3 Å². The SMILES string of the molecule is CCCC(O)CN.CS(=O)(=O)O. The molecular formula is C6H17NO4S. The van der Waals surface area contributed by atoms with Crippen LogP contribution in [0.5, 0.6) is 0 Å². The zero-order valence-electron chi connectivity index (χ0n) is 7.40. The van der Waals surface area contributed by atoms with E-state index in [2.05, 4.69) is 0 Å². The van der Waals surface area contributed by atoms with E-state index < -0.39 is 10.1 Å². The van der Waals surface area contributed by atoms with E-state index in [1.54, 1.807) is 0 Å². The van der Waals surface area contributed by atoms with Crippen molar-refractivity contribution in [3.8, 4) is 0 Å². The number of hydrogen-bond donors (Lipinski definition) is 3. The molecule has 0 spiro atoms. The Morgan fingerprint density at radius 1 is 1.50 bits per heavy atom. The molecule has 6 heteroatoms. The average molecular weight is 199 g/mol. The van der Waals surface area contributed by atoms with Crippen LogP contribution in [0, 0.1) is 0 Å². The lowest BCUT2D eigenvalue weighted by molar-refractivity contribution is 0.172. The fourth-order valence-electron chi connectivity index (χ4n) is 0.451. The van der Waals surface area contributed by atoms with Crippen LogP contribution in [0.1, 0.15) is 19.8 Å². The second-order valence-corrected chi connectivity index (χ2v) is 3.88. The highest BCUT2D eigenvalue weighted by atomic mass is 32.2. The highest BCUT2D eigenvalue weighted by molar-refractivity contribution is 7.85. The Kier molecular flexibility index (Phi) is 8.95. The second-order valence-electron chi connectivity index (χ2n) is 2.41. The molecular weight excluding hydrogens is 182 g/mol. The van der Waals surface area contributed by atoms with Gasteiger partial charge in [-0.05, 0) is 6.42 Å². The van der Waals surface area contributed by atoms with Gasteiger partial charge in [0, 0.05) is 6.54 Å². The summed E-state index contributed by atoms with van der Waals surface area (Å²) < 4.78 is 25.9. The van der Waals surface area contributed by atoms with E-state index in [0.717, 1.165) is 12.8 Å². The molecule has 1 atom stereocenters. The van der Waals surface area contributed by atoms with E-state index in [1.165, 1.54) is 0 Å². The molecule has 1 unspecified atom stereocenters. The quantitative estimate of drug-likeness (QED) is 0.537. The lowest BCUT2D eigenvalue weighted by Crippen LogP contribution is -2.18. The molecule has 0 aliphatic heterocycles. The third kappa shape index (κ3) is 32.9. The highest BCUT2D eigenvalue weighted by Crippen LogP contribution is 1.91. The van der Waals surface area contributed by atoms with Crippen LogP contribution in [-0.2, 0) is 10.1 Å². The number of hydrogen-bond acceptors (Lipinski definition) is 4. The van der Waals surface area contributed by atoms with Gasteiger partial charge in [-0.3, -0.25) is 4.55 Å². The van der Waals surface area contributed by atoms with Gasteiger partial charge in [-0.1, -0.05) is 13.3 Å². The minimum absolute atomic E-state index is 0.273. The molecule has 0 aromatic rings. The molecule has 0 aliphatic carbocycles. The molecule has 12 heavy (non-hydrogen) atoms. The van der Waals surface area contributed by atoms with E-state index in [9.17, 15) is 8.42 Å². The van der Waals surface area contributed by atoms with Gasteiger partial charge in [-0.15, -0.1) is 0 Å². The van der Waals surface area contributed by atoms with Crippen LogP contribution in [0.4, 0.5) is 0 Å². The van der Waals surface area contributed by atoms with Gasteiger partial charge < -0.3 is 10.8 Å². The van der Waals surface area contributed by atoms with Crippen molar-refractivity contribution in [1.29, 1.82) is 0 Å². The van der Waals surface area contributed by atoms with Gasteiger partial charge in [0.15, 0.2) is 0 Å². The maximum atomic E-state index is 9.19. The van der Waals surface area contributed by atoms with Crippen LogP contribution in [-0.4, -0.2) is 37.0 Å². The van der Waals surface area contributed by atoms with Crippen molar-refractivity contribution in [3.63, 3.8) is 0 Å². The van der Waals surface area contributed by atoms with Gasteiger partial charge in [0.2, 0.25) is 0 Å². The Morgan fingerprint density at radius 3 is 1.92 bits per heavy atom. The first-order valence-electron chi connectivity index (χ1n) is 3.61. The van der Waals surface area contributed by atoms with Gasteiger partial charge >= 0.3 is 0 Å². The summed E-state index contributed by atoms with van der Waals surface area (Å²) in [5, 5.41) is 8.73. The van der Waals surface area contributed by atoms with Gasteiger partial charge in [-0.25, -0.2) is 0 Å². The summed E-state index contributed by atoms with van der Waals surface area (Å²) >= 11 is 0. The standard InChI is InChI=1S/C5H13NO.CH4O3S/c1-2-3-5(7)4-6;1-5(2,3)4/h5,7H,2-4,6H2,1H3;1H3,(H,2,3,4). The summed E-state index contributed by atoms with van der Waals surface area (Å²) in [4.78, 5) is 0. The number of nitrogens with two attached hydrogens (primary N) is 1. The minimum Gasteiger partial charge on any atom is -0.392 e. The number of rotatable bonds is 3. The first-order chi connectivity index (χ1) is 5.31. The summed E-state index contributed by atoms with van der Waals surface area (Å²) in [6, 6.07) is 0. The highest BCUT2D eigenvalue weighted by Gasteiger charge is 1.94. The summed E-state index contributed by atoms with van der Waals surface area (Å²) in [5.41, 5.74) is 5.11. The second kappa shape index (κ2) is 7.48. The van der Waals surface area contributed by atoms with Crippen LogP contribution >= 0.6 is 0 Å². The molecule has 0 aromatic heterocycles. The van der Waals surface area contributed by atoms with Gasteiger partial charge in [-0.2, -0.15) is 8.42 Å². The smallest absolute Gasteiger partial charge is 0.261 e. The Hall–Kier alpha value is -0.170. The van der Waals surface area contributed by atoms with Crippen molar-refractivity contribution in [3.05, 3.63) is 0 Å². The summed E-state index contributed by atoms with van der Waals surface area (Å²) in [5.74, 6) is 0. The molecule has 5 nitrogen and oxygen atoms in total. The van der Waals surface area contributed by atoms with E-state index >= 15 is 0 Å². The van der Waals surface area contributed by atoms with Gasteiger partial charge in [0.05, 0.1) is 12.4 Å². The lowest BCUT2D eigenvalue weighted by atomic mass is 10.2. The monoisotopic (exact) mass is 199 g/mol. The molecule has 0 bridgehead atoms. The topological polar surface area (TPSA) is 101 Å². The summed E-state index contributed by atoms with van der Waals surface area (Å²) in [6.45, 7) is 2.42. The molecule has 0 rings (SSSR count). The molecule has 0 heterocycles. The van der Waals surface area contributed by atoms with Crippen LogP contribution < -0.4 is 5.73 Å². The molecule has 0 aromatic carbocycles. The first kappa shape index (κ1) is 14.4. The molecule has 0 radical (unpaired) electrons. The van der Waals surface area contributed by atoms with E-state index in [-0.39, 0.29) is 6.10 Å². The zero-order chi connectivity index (χ0) is 10.2. The Bertz CT molecular complexity index is 170. The predicted octanol–water partition coefficient (Wildman–Crippen LogP) is -0.390. The van der Waals surface area contributed by atoms with Crippen molar-refractivity contribution >= 4 is 10.1 Å². The fourth-order valence-corrected chi connectivity index (χ4v) is 0.451. The third-order valence-electron chi connectivity index (χ3n) is 0.894. The molecule has 0 saturated heterocycles. The molecule has 0 aliphatic rings. The van der Waals surface area contributed by atoms with Crippen LogP contribution in [0.25, 0.3) is 0 Å². The third-order valence-corrected chi connectivity index (χ3v) is 0.894. The average Bonchev–Trinajstić information content (AvgIpc) is 1.85. The predicted molar refractivity (Wildman–Crippen MR) is 47.4 cm³/mol. The molecule has 0 fully saturated rings. The fraction of sp³-hybridized carbons (Fsp3) is 1.00. The van der Waals surface area contributed by atoms with E-state index in [4.69, 9.17) is 15.4 Å².